The van der Waals surface area contributed by atoms with E-state index in [9.17, 15) is 8.42 Å². The average molecular weight is 528 g/mol. The molecule has 0 saturated carbocycles. The van der Waals surface area contributed by atoms with Crippen molar-refractivity contribution in [1.29, 1.82) is 0 Å². The summed E-state index contributed by atoms with van der Waals surface area (Å²) < 4.78 is 38.7. The summed E-state index contributed by atoms with van der Waals surface area (Å²) in [7, 11) is -0.785. The van der Waals surface area contributed by atoms with Gasteiger partial charge in [0.25, 0.3) is 10.0 Å². The van der Waals surface area contributed by atoms with Crippen LogP contribution in [0.2, 0.25) is 0 Å². The summed E-state index contributed by atoms with van der Waals surface area (Å²) in [5, 5.41) is 0.887. The van der Waals surface area contributed by atoms with Crippen LogP contribution in [0.4, 0.5) is 5.69 Å². The predicted octanol–water partition coefficient (Wildman–Crippen LogP) is 4.64. The smallest absolute Gasteiger partial charge is 0.268 e. The summed E-state index contributed by atoms with van der Waals surface area (Å²) in [6.45, 7) is 4.81. The number of benzene rings is 3. The van der Waals surface area contributed by atoms with Gasteiger partial charge in [-0.25, -0.2) is 12.4 Å². The molecule has 2 heterocycles. The molecule has 0 unspecified atom stereocenters. The zero-order valence-electron chi connectivity index (χ0n) is 20.3. The third-order valence-corrected chi connectivity index (χ3v) is 8.22. The zero-order valence-corrected chi connectivity index (χ0v) is 22.0. The maximum Gasteiger partial charge on any atom is 0.268 e. The van der Waals surface area contributed by atoms with Crippen LogP contribution in [0.5, 0.6) is 11.5 Å². The minimum Gasteiger partial charge on any atom is -0.493 e. The van der Waals surface area contributed by atoms with Crippen molar-refractivity contribution in [2.24, 2.45) is 0 Å². The van der Waals surface area contributed by atoms with Crippen LogP contribution in [0.25, 0.3) is 10.9 Å². The highest BCUT2D eigenvalue weighted by molar-refractivity contribution is 7.90. The van der Waals surface area contributed by atoms with Crippen molar-refractivity contribution in [3.63, 3.8) is 0 Å². The highest BCUT2D eigenvalue weighted by Gasteiger charge is 2.22. The molecule has 3 aromatic carbocycles. The molecule has 190 valence electrons. The Labute approximate surface area is 218 Å². The van der Waals surface area contributed by atoms with Gasteiger partial charge in [-0.2, -0.15) is 0 Å². The minimum absolute atomic E-state index is 0. The van der Waals surface area contributed by atoms with Crippen molar-refractivity contribution in [3.05, 3.63) is 84.6 Å². The molecular weight excluding hydrogens is 498 g/mol. The molecule has 0 bridgehead atoms. The highest BCUT2D eigenvalue weighted by atomic mass is 35.5. The van der Waals surface area contributed by atoms with Crippen LogP contribution in [-0.4, -0.2) is 57.7 Å². The lowest BCUT2D eigenvalue weighted by Crippen LogP contribution is -2.45. The number of fused-ring (bicyclic) bond motifs is 1. The Balaban J connectivity index is 0.00000304. The van der Waals surface area contributed by atoms with E-state index < -0.39 is 10.0 Å². The van der Waals surface area contributed by atoms with E-state index in [1.165, 1.54) is 35.9 Å². The molecule has 0 amide bonds. The third kappa shape index (κ3) is 5.02. The summed E-state index contributed by atoms with van der Waals surface area (Å²) >= 11 is 0. The van der Waals surface area contributed by atoms with Crippen LogP contribution in [0.15, 0.2) is 83.9 Å². The van der Waals surface area contributed by atoms with E-state index in [1.807, 2.05) is 24.3 Å². The number of piperazine rings is 1. The van der Waals surface area contributed by atoms with Crippen molar-refractivity contribution in [2.45, 2.75) is 11.4 Å². The maximum absolute atomic E-state index is 13.4. The first-order valence-corrected chi connectivity index (χ1v) is 13.0. The first-order valence-electron chi connectivity index (χ1n) is 11.6. The molecule has 1 aliphatic rings. The van der Waals surface area contributed by atoms with Gasteiger partial charge >= 0.3 is 0 Å². The molecule has 0 spiro atoms. The fourth-order valence-corrected chi connectivity index (χ4v) is 5.98. The molecule has 4 aromatic rings. The number of anilines is 1. The van der Waals surface area contributed by atoms with Gasteiger partial charge < -0.3 is 14.4 Å². The van der Waals surface area contributed by atoms with Gasteiger partial charge in [0.2, 0.25) is 0 Å². The van der Waals surface area contributed by atoms with E-state index >= 15 is 0 Å². The van der Waals surface area contributed by atoms with Crippen molar-refractivity contribution < 1.29 is 17.9 Å². The molecule has 0 aliphatic carbocycles. The van der Waals surface area contributed by atoms with Gasteiger partial charge in [0.1, 0.15) is 0 Å². The zero-order chi connectivity index (χ0) is 24.4. The highest BCUT2D eigenvalue weighted by Crippen LogP contribution is 2.32. The first-order chi connectivity index (χ1) is 17.0. The fraction of sp³-hybridized carbons (Fsp3) is 0.259. The number of nitrogens with zero attached hydrogens (tertiary/aromatic N) is 3. The number of halogens is 1. The molecule has 36 heavy (non-hydrogen) atoms. The first kappa shape index (κ1) is 25.9. The quantitative estimate of drug-likeness (QED) is 0.349. The summed E-state index contributed by atoms with van der Waals surface area (Å²) in [6, 6.07) is 23.0. The van der Waals surface area contributed by atoms with Crippen LogP contribution < -0.4 is 14.4 Å². The van der Waals surface area contributed by atoms with E-state index in [4.69, 9.17) is 9.47 Å². The van der Waals surface area contributed by atoms with Crippen molar-refractivity contribution >= 4 is 39.0 Å². The lowest BCUT2D eigenvalue weighted by atomic mass is 10.1. The van der Waals surface area contributed by atoms with Gasteiger partial charge in [-0.15, -0.1) is 12.4 Å². The summed E-state index contributed by atoms with van der Waals surface area (Å²) in [5.41, 5.74) is 3.09. The van der Waals surface area contributed by atoms with E-state index in [2.05, 4.69) is 40.1 Å². The molecule has 1 aliphatic heterocycles. The Morgan fingerprint density at radius 3 is 2.22 bits per heavy atom. The number of ether oxygens (including phenoxy) is 2. The molecule has 1 saturated heterocycles. The average Bonchev–Trinajstić information content (AvgIpc) is 3.33. The molecule has 9 heteroatoms. The minimum atomic E-state index is -3.79. The summed E-state index contributed by atoms with van der Waals surface area (Å²) in [5.74, 6) is 0.857. The molecular formula is C27H30ClN3O4S. The van der Waals surface area contributed by atoms with Gasteiger partial charge in [0.05, 0.1) is 24.6 Å². The Hall–Kier alpha value is -3.20. The van der Waals surface area contributed by atoms with Crippen LogP contribution in [0.3, 0.4) is 0 Å². The van der Waals surface area contributed by atoms with E-state index in [-0.39, 0.29) is 17.3 Å². The third-order valence-electron chi connectivity index (χ3n) is 6.54. The van der Waals surface area contributed by atoms with Gasteiger partial charge in [-0.1, -0.05) is 30.3 Å². The summed E-state index contributed by atoms with van der Waals surface area (Å²) in [6.07, 6.45) is 1.61. The van der Waals surface area contributed by atoms with Crippen molar-refractivity contribution in [1.82, 2.24) is 8.87 Å². The molecule has 0 radical (unpaired) electrons. The van der Waals surface area contributed by atoms with Crippen LogP contribution in [0, 0.1) is 0 Å². The van der Waals surface area contributed by atoms with E-state index in [1.54, 1.807) is 12.3 Å². The number of hydrogen-bond acceptors (Lipinski definition) is 6. The van der Waals surface area contributed by atoms with Gasteiger partial charge in [0.15, 0.2) is 11.5 Å². The van der Waals surface area contributed by atoms with Crippen molar-refractivity contribution in [2.75, 3.05) is 45.3 Å². The largest absolute Gasteiger partial charge is 0.493 e. The molecule has 1 fully saturated rings. The lowest BCUT2D eigenvalue weighted by molar-refractivity contribution is 0.250. The van der Waals surface area contributed by atoms with Crippen LogP contribution >= 0.6 is 12.4 Å². The van der Waals surface area contributed by atoms with E-state index in [0.29, 0.717) is 17.0 Å². The van der Waals surface area contributed by atoms with Crippen molar-refractivity contribution in [3.8, 4) is 11.5 Å². The Morgan fingerprint density at radius 2 is 1.53 bits per heavy atom. The maximum atomic E-state index is 13.4. The fourth-order valence-electron chi connectivity index (χ4n) is 4.61. The van der Waals surface area contributed by atoms with Gasteiger partial charge in [-0.05, 0) is 42.0 Å². The van der Waals surface area contributed by atoms with Gasteiger partial charge in [-0.3, -0.25) is 4.90 Å². The topological polar surface area (TPSA) is 64.0 Å². The number of rotatable bonds is 7. The lowest BCUT2D eigenvalue weighted by Gasteiger charge is -2.36. The molecule has 0 N–H and O–H groups in total. The number of aromatic nitrogens is 1. The monoisotopic (exact) mass is 527 g/mol. The second-order valence-electron chi connectivity index (χ2n) is 8.63. The molecule has 7 nitrogen and oxygen atoms in total. The second kappa shape index (κ2) is 10.8. The SMILES string of the molecule is COc1ccc(S(=O)(=O)n2ccc3cc(N4CCN(Cc5ccccc5)CC4)ccc32)cc1OC.Cl. The molecule has 5 rings (SSSR count). The summed E-state index contributed by atoms with van der Waals surface area (Å²) in [4.78, 5) is 4.98. The van der Waals surface area contributed by atoms with E-state index in [0.717, 1.165) is 43.8 Å². The standard InChI is InChI=1S/C27H29N3O4S.ClH/c1-33-26-11-9-24(19-27(26)34-2)35(31,32)30-13-12-22-18-23(8-10-25(22)30)29-16-14-28(15-17-29)20-21-6-4-3-5-7-21;/h3-13,18-19H,14-17,20H2,1-2H3;1H. The number of hydrogen-bond donors (Lipinski definition) is 0. The molecule has 1 aromatic heterocycles. The van der Waals surface area contributed by atoms with Crippen LogP contribution in [-0.2, 0) is 16.6 Å². The van der Waals surface area contributed by atoms with Crippen LogP contribution in [0.1, 0.15) is 5.56 Å². The Kier molecular flexibility index (Phi) is 7.78. The van der Waals surface area contributed by atoms with Gasteiger partial charge in [0, 0.05) is 56.1 Å². The molecule has 0 atom stereocenters. The predicted molar refractivity (Wildman–Crippen MR) is 145 cm³/mol. The second-order valence-corrected chi connectivity index (χ2v) is 10.4. The normalized spacial score (nSPS) is 14.4. The Bertz CT molecular complexity index is 1430. The number of methoxy groups -OCH3 is 2. The Morgan fingerprint density at radius 1 is 0.806 bits per heavy atom.